The zero-order chi connectivity index (χ0) is 13.9. The van der Waals surface area contributed by atoms with Crippen LogP contribution >= 0.6 is 12.4 Å². The van der Waals surface area contributed by atoms with Gasteiger partial charge in [-0.25, -0.2) is 4.98 Å². The van der Waals surface area contributed by atoms with Crippen LogP contribution in [-0.2, 0) is 0 Å². The van der Waals surface area contributed by atoms with Crippen LogP contribution in [0.5, 0.6) is 0 Å². The summed E-state index contributed by atoms with van der Waals surface area (Å²) in [6.45, 7) is 4.37. The van der Waals surface area contributed by atoms with Gasteiger partial charge < -0.3 is 14.6 Å². The average Bonchev–Trinajstić information content (AvgIpc) is 2.98. The summed E-state index contributed by atoms with van der Waals surface area (Å²) in [5.41, 5.74) is 1.25. The summed E-state index contributed by atoms with van der Waals surface area (Å²) in [6.07, 6.45) is 1.44. The van der Waals surface area contributed by atoms with Gasteiger partial charge in [0.25, 0.3) is 5.91 Å². The summed E-state index contributed by atoms with van der Waals surface area (Å²) in [5, 5.41) is 3.26. The number of piperazine rings is 1. The molecule has 21 heavy (non-hydrogen) atoms. The van der Waals surface area contributed by atoms with E-state index in [1.165, 1.54) is 6.26 Å². The molecule has 0 bridgehead atoms. The van der Waals surface area contributed by atoms with Crippen molar-refractivity contribution >= 4 is 18.3 Å². The lowest BCUT2D eigenvalue weighted by atomic mass is 10.2. The molecule has 1 aromatic heterocycles. The van der Waals surface area contributed by atoms with Gasteiger partial charge in [0.05, 0.1) is 0 Å². The number of rotatable bonds is 2. The molecule has 5 nitrogen and oxygen atoms in total. The zero-order valence-electron chi connectivity index (χ0n) is 11.8. The number of nitrogens with zero attached hydrogens (tertiary/aromatic N) is 2. The van der Waals surface area contributed by atoms with E-state index >= 15 is 0 Å². The number of nitrogens with one attached hydrogen (secondary N) is 1. The molecule has 1 aromatic carbocycles. The molecular formula is C15H18ClN3O2. The second kappa shape index (κ2) is 6.74. The Hall–Kier alpha value is -1.85. The summed E-state index contributed by atoms with van der Waals surface area (Å²) in [4.78, 5) is 18.6. The highest BCUT2D eigenvalue weighted by Crippen LogP contribution is 2.19. The third kappa shape index (κ3) is 3.25. The Morgan fingerprint density at radius 2 is 2.14 bits per heavy atom. The van der Waals surface area contributed by atoms with E-state index in [2.05, 4.69) is 10.3 Å². The fourth-order valence-electron chi connectivity index (χ4n) is 2.38. The molecule has 1 aliphatic heterocycles. The Morgan fingerprint density at radius 3 is 2.86 bits per heavy atom. The molecule has 0 aliphatic carbocycles. The molecule has 1 unspecified atom stereocenters. The van der Waals surface area contributed by atoms with Crippen molar-refractivity contribution in [3.05, 3.63) is 42.3 Å². The van der Waals surface area contributed by atoms with Crippen LogP contribution in [0.15, 0.2) is 41.0 Å². The van der Waals surface area contributed by atoms with Crippen molar-refractivity contribution in [1.82, 2.24) is 15.2 Å². The van der Waals surface area contributed by atoms with Crippen molar-refractivity contribution < 1.29 is 9.21 Å². The maximum Gasteiger partial charge on any atom is 0.276 e. The van der Waals surface area contributed by atoms with E-state index in [0.29, 0.717) is 18.1 Å². The normalized spacial score (nSPS) is 18.1. The Balaban J connectivity index is 0.00000161. The van der Waals surface area contributed by atoms with E-state index < -0.39 is 0 Å². The van der Waals surface area contributed by atoms with Gasteiger partial charge in [0.2, 0.25) is 5.89 Å². The molecule has 1 saturated heterocycles. The number of aromatic nitrogens is 1. The highest BCUT2D eigenvalue weighted by atomic mass is 35.5. The maximum absolute atomic E-state index is 12.4. The fraction of sp³-hybridized carbons (Fsp3) is 0.333. The number of hydrogen-bond donors (Lipinski definition) is 1. The van der Waals surface area contributed by atoms with Gasteiger partial charge in [-0.1, -0.05) is 18.2 Å². The minimum atomic E-state index is -0.0649. The van der Waals surface area contributed by atoms with E-state index in [4.69, 9.17) is 4.42 Å². The number of halogens is 1. The van der Waals surface area contributed by atoms with Gasteiger partial charge in [-0.2, -0.15) is 0 Å². The topological polar surface area (TPSA) is 58.4 Å². The van der Waals surface area contributed by atoms with Crippen molar-refractivity contribution in [2.75, 3.05) is 19.6 Å². The Morgan fingerprint density at radius 1 is 1.38 bits per heavy atom. The van der Waals surface area contributed by atoms with Crippen LogP contribution in [0.4, 0.5) is 0 Å². The highest BCUT2D eigenvalue weighted by molar-refractivity contribution is 5.92. The quantitative estimate of drug-likeness (QED) is 0.924. The SMILES string of the molecule is CC1CNCCN1C(=O)c1coc(-c2ccccc2)n1.Cl. The summed E-state index contributed by atoms with van der Waals surface area (Å²) in [6, 6.07) is 9.76. The van der Waals surface area contributed by atoms with E-state index in [1.54, 1.807) is 0 Å². The first-order valence-corrected chi connectivity index (χ1v) is 6.78. The van der Waals surface area contributed by atoms with Crippen LogP contribution in [0.1, 0.15) is 17.4 Å². The van der Waals surface area contributed by atoms with Gasteiger partial charge in [0, 0.05) is 31.2 Å². The van der Waals surface area contributed by atoms with Crippen LogP contribution in [0.2, 0.25) is 0 Å². The number of hydrogen-bond acceptors (Lipinski definition) is 4. The van der Waals surface area contributed by atoms with Crippen molar-refractivity contribution in [3.8, 4) is 11.5 Å². The van der Waals surface area contributed by atoms with Gasteiger partial charge in [-0.3, -0.25) is 4.79 Å². The predicted molar refractivity (Wildman–Crippen MR) is 82.6 cm³/mol. The molecule has 6 heteroatoms. The van der Waals surface area contributed by atoms with Gasteiger partial charge in [0.1, 0.15) is 6.26 Å². The lowest BCUT2D eigenvalue weighted by Gasteiger charge is -2.33. The second-order valence-corrected chi connectivity index (χ2v) is 4.96. The summed E-state index contributed by atoms with van der Waals surface area (Å²) >= 11 is 0. The van der Waals surface area contributed by atoms with Crippen molar-refractivity contribution in [2.24, 2.45) is 0 Å². The molecular weight excluding hydrogens is 290 g/mol. The van der Waals surface area contributed by atoms with Crippen molar-refractivity contribution in [2.45, 2.75) is 13.0 Å². The van der Waals surface area contributed by atoms with Crippen molar-refractivity contribution in [3.63, 3.8) is 0 Å². The molecule has 112 valence electrons. The zero-order valence-corrected chi connectivity index (χ0v) is 12.6. The molecule has 3 rings (SSSR count). The highest BCUT2D eigenvalue weighted by Gasteiger charge is 2.26. The lowest BCUT2D eigenvalue weighted by Crippen LogP contribution is -2.52. The van der Waals surface area contributed by atoms with Crippen LogP contribution in [0.25, 0.3) is 11.5 Å². The molecule has 2 heterocycles. The molecule has 1 aliphatic rings. The first-order valence-electron chi connectivity index (χ1n) is 6.78. The Labute approximate surface area is 129 Å². The van der Waals surface area contributed by atoms with Gasteiger partial charge in [-0.15, -0.1) is 12.4 Å². The average molecular weight is 308 g/mol. The molecule has 0 saturated carbocycles. The number of benzene rings is 1. The standard InChI is InChI=1S/C15H17N3O2.ClH/c1-11-9-16-7-8-18(11)15(19)13-10-20-14(17-13)12-5-3-2-4-6-12;/h2-6,10-11,16H,7-9H2,1H3;1H. The molecule has 0 spiro atoms. The van der Waals surface area contributed by atoms with Gasteiger partial charge >= 0.3 is 0 Å². The minimum absolute atomic E-state index is 0. The molecule has 0 radical (unpaired) electrons. The van der Waals surface area contributed by atoms with Gasteiger partial charge in [-0.05, 0) is 19.1 Å². The Kier molecular flexibility index (Phi) is 4.98. The van der Waals surface area contributed by atoms with Gasteiger partial charge in [0.15, 0.2) is 5.69 Å². The lowest BCUT2D eigenvalue weighted by molar-refractivity contribution is 0.0649. The molecule has 2 aromatic rings. The number of carbonyl (C=O) groups excluding carboxylic acids is 1. The van der Waals surface area contributed by atoms with Crippen LogP contribution in [0.3, 0.4) is 0 Å². The van der Waals surface area contributed by atoms with Crippen molar-refractivity contribution in [1.29, 1.82) is 0 Å². The summed E-state index contributed by atoms with van der Waals surface area (Å²) < 4.78 is 5.42. The third-order valence-corrected chi connectivity index (χ3v) is 3.51. The number of oxazole rings is 1. The summed E-state index contributed by atoms with van der Waals surface area (Å²) in [5.74, 6) is 0.418. The number of carbonyl (C=O) groups is 1. The molecule has 1 N–H and O–H groups in total. The fourth-order valence-corrected chi connectivity index (χ4v) is 2.38. The number of amides is 1. The second-order valence-electron chi connectivity index (χ2n) is 4.96. The molecule has 1 fully saturated rings. The van der Waals surface area contributed by atoms with Crippen LogP contribution in [0, 0.1) is 0 Å². The summed E-state index contributed by atoms with van der Waals surface area (Å²) in [7, 11) is 0. The van der Waals surface area contributed by atoms with E-state index in [0.717, 1.165) is 18.7 Å². The minimum Gasteiger partial charge on any atom is -0.444 e. The van der Waals surface area contributed by atoms with E-state index in [1.807, 2.05) is 42.2 Å². The first kappa shape index (κ1) is 15.5. The first-order chi connectivity index (χ1) is 9.75. The predicted octanol–water partition coefficient (Wildman–Crippen LogP) is 2.20. The van der Waals surface area contributed by atoms with E-state index in [9.17, 15) is 4.79 Å². The smallest absolute Gasteiger partial charge is 0.276 e. The maximum atomic E-state index is 12.4. The Bertz CT molecular complexity index is 600. The molecule has 1 atom stereocenters. The van der Waals surface area contributed by atoms with E-state index in [-0.39, 0.29) is 24.4 Å². The third-order valence-electron chi connectivity index (χ3n) is 3.51. The van der Waals surface area contributed by atoms with Crippen LogP contribution < -0.4 is 5.32 Å². The monoisotopic (exact) mass is 307 g/mol. The largest absolute Gasteiger partial charge is 0.444 e. The molecule has 1 amide bonds. The van der Waals surface area contributed by atoms with Crippen LogP contribution in [-0.4, -0.2) is 41.5 Å².